The number of nitrogens with zero attached hydrogens (tertiary/aromatic N) is 2. The van der Waals surface area contributed by atoms with Crippen LogP contribution in [0.25, 0.3) is 0 Å². The van der Waals surface area contributed by atoms with Gasteiger partial charge in [-0.1, -0.05) is 53.3 Å². The molecule has 0 fully saturated rings. The van der Waals surface area contributed by atoms with Crippen molar-refractivity contribution in [3.63, 3.8) is 0 Å². The third kappa shape index (κ3) is 4.89. The van der Waals surface area contributed by atoms with E-state index in [1.165, 1.54) is 0 Å². The minimum atomic E-state index is -3.87. The van der Waals surface area contributed by atoms with Crippen molar-refractivity contribution in [3.05, 3.63) is 70.7 Å². The van der Waals surface area contributed by atoms with Gasteiger partial charge < -0.3 is 0 Å². The van der Waals surface area contributed by atoms with Crippen LogP contribution in [-0.4, -0.2) is 24.5 Å². The van der Waals surface area contributed by atoms with Gasteiger partial charge in [0.2, 0.25) is 9.47 Å². The lowest BCUT2D eigenvalue weighted by molar-refractivity contribution is 0.102. The first kappa shape index (κ1) is 19.4. The van der Waals surface area contributed by atoms with Crippen LogP contribution in [0.1, 0.15) is 28.9 Å². The summed E-state index contributed by atoms with van der Waals surface area (Å²) < 4.78 is 27.3. The average Bonchev–Trinajstić information content (AvgIpc) is 3.12. The summed E-state index contributed by atoms with van der Waals surface area (Å²) in [5.74, 6) is -0.433. The molecule has 140 valence electrons. The number of aromatic nitrogens is 2. The van der Waals surface area contributed by atoms with E-state index < -0.39 is 22.0 Å². The molecule has 0 saturated heterocycles. The minimum absolute atomic E-state index is 0.0858. The van der Waals surface area contributed by atoms with Gasteiger partial charge in [-0.25, -0.2) is 13.1 Å². The highest BCUT2D eigenvalue weighted by Crippen LogP contribution is 2.23. The van der Waals surface area contributed by atoms with E-state index in [4.69, 9.17) is 11.6 Å². The third-order valence-corrected chi connectivity index (χ3v) is 6.59. The lowest BCUT2D eigenvalue weighted by Crippen LogP contribution is -2.26. The number of carbonyl (C=O) groups is 1. The van der Waals surface area contributed by atoms with Crippen molar-refractivity contribution in [2.45, 2.75) is 17.3 Å². The van der Waals surface area contributed by atoms with E-state index in [9.17, 15) is 13.2 Å². The average molecular weight is 423 g/mol. The fourth-order valence-corrected chi connectivity index (χ4v) is 4.50. The number of carbonyl (C=O) groups excluding carboxylic acids is 1. The van der Waals surface area contributed by atoms with Gasteiger partial charge in [-0.3, -0.25) is 10.1 Å². The summed E-state index contributed by atoms with van der Waals surface area (Å²) in [5.41, 5.74) is 1.19. The van der Waals surface area contributed by atoms with Crippen molar-refractivity contribution in [2.24, 2.45) is 0 Å². The van der Waals surface area contributed by atoms with E-state index in [2.05, 4.69) is 20.2 Å². The minimum Gasteiger partial charge on any atom is -0.296 e. The molecule has 1 aromatic heterocycles. The molecule has 7 nitrogen and oxygen atoms in total. The van der Waals surface area contributed by atoms with Gasteiger partial charge in [-0.05, 0) is 36.8 Å². The van der Waals surface area contributed by atoms with Gasteiger partial charge in [0.05, 0.1) is 0 Å². The molecule has 0 spiro atoms. The summed E-state index contributed by atoms with van der Waals surface area (Å²) in [5, 5.41) is 10.5. The number of hydrogen-bond acceptors (Lipinski definition) is 6. The second-order valence-corrected chi connectivity index (χ2v) is 8.89. The maximum absolute atomic E-state index is 12.5. The van der Waals surface area contributed by atoms with Crippen molar-refractivity contribution in [2.75, 3.05) is 5.32 Å². The number of hydrogen-bond donors (Lipinski definition) is 2. The molecule has 1 heterocycles. The number of anilines is 1. The second kappa shape index (κ2) is 8.13. The number of benzene rings is 2. The molecular formula is C17H15ClN4O3S2. The smallest absolute Gasteiger partial charge is 0.270 e. The van der Waals surface area contributed by atoms with E-state index in [1.807, 2.05) is 30.3 Å². The Labute approximate surface area is 165 Å². The van der Waals surface area contributed by atoms with Gasteiger partial charge in [-0.15, -0.1) is 10.2 Å². The fourth-order valence-electron chi connectivity index (χ4n) is 2.23. The van der Waals surface area contributed by atoms with Gasteiger partial charge in [0.15, 0.2) is 0 Å². The maximum Gasteiger partial charge on any atom is 0.270 e. The molecule has 1 amide bonds. The van der Waals surface area contributed by atoms with Gasteiger partial charge in [0.1, 0.15) is 0 Å². The summed E-state index contributed by atoms with van der Waals surface area (Å²) >= 11 is 6.56. The van der Waals surface area contributed by atoms with E-state index >= 15 is 0 Å². The molecular weight excluding hydrogens is 408 g/mol. The first-order valence-corrected chi connectivity index (χ1v) is 10.5. The van der Waals surface area contributed by atoms with Crippen LogP contribution < -0.4 is 10.0 Å². The number of nitrogens with one attached hydrogen (secondary N) is 2. The molecule has 3 aromatic rings. The molecule has 2 aromatic carbocycles. The Morgan fingerprint density at radius 1 is 1.07 bits per heavy atom. The zero-order valence-electron chi connectivity index (χ0n) is 14.1. The fraction of sp³-hybridized carbons (Fsp3) is 0.118. The van der Waals surface area contributed by atoms with Gasteiger partial charge in [-0.2, -0.15) is 0 Å². The maximum atomic E-state index is 12.5. The normalized spacial score (nSPS) is 12.5. The summed E-state index contributed by atoms with van der Waals surface area (Å²) in [4.78, 5) is 12.2. The summed E-state index contributed by atoms with van der Waals surface area (Å²) in [6, 6.07) is 15.0. The van der Waals surface area contributed by atoms with Crippen LogP contribution >= 0.6 is 22.9 Å². The van der Waals surface area contributed by atoms with Crippen LogP contribution in [0.4, 0.5) is 5.13 Å². The van der Waals surface area contributed by atoms with E-state index in [0.29, 0.717) is 10.6 Å². The molecule has 10 heteroatoms. The molecule has 27 heavy (non-hydrogen) atoms. The Morgan fingerprint density at radius 2 is 1.74 bits per heavy atom. The Morgan fingerprint density at radius 3 is 2.41 bits per heavy atom. The molecule has 0 unspecified atom stereocenters. The topological polar surface area (TPSA) is 101 Å². The molecule has 0 radical (unpaired) electrons. The Balaban J connectivity index is 1.70. The Bertz CT molecular complexity index is 1040. The molecule has 2 N–H and O–H groups in total. The van der Waals surface area contributed by atoms with Crippen LogP contribution in [-0.2, 0) is 10.0 Å². The highest BCUT2D eigenvalue weighted by Gasteiger charge is 2.23. The molecule has 3 rings (SSSR count). The third-order valence-electron chi connectivity index (χ3n) is 3.59. The predicted molar refractivity (Wildman–Crippen MR) is 104 cm³/mol. The monoisotopic (exact) mass is 422 g/mol. The highest BCUT2D eigenvalue weighted by atomic mass is 35.5. The number of amides is 1. The SMILES string of the molecule is C[C@@H](NS(=O)(=O)c1nnc(NC(=O)c2ccc(Cl)cc2)s1)c1ccccc1. The Hall–Kier alpha value is -2.33. The van der Waals surface area contributed by atoms with Crippen molar-refractivity contribution >= 4 is 44.0 Å². The zero-order chi connectivity index (χ0) is 19.4. The van der Waals surface area contributed by atoms with Gasteiger partial charge in [0.25, 0.3) is 15.9 Å². The lowest BCUT2D eigenvalue weighted by atomic mass is 10.1. The molecule has 0 aliphatic rings. The van der Waals surface area contributed by atoms with Gasteiger partial charge in [0, 0.05) is 16.6 Å². The van der Waals surface area contributed by atoms with Crippen LogP contribution in [0.2, 0.25) is 5.02 Å². The van der Waals surface area contributed by atoms with Crippen LogP contribution in [0.5, 0.6) is 0 Å². The number of sulfonamides is 1. The van der Waals surface area contributed by atoms with E-state index in [1.54, 1.807) is 31.2 Å². The molecule has 0 aliphatic carbocycles. The molecule has 1 atom stereocenters. The Kier molecular flexibility index (Phi) is 5.85. The second-order valence-electron chi connectivity index (χ2n) is 5.59. The lowest BCUT2D eigenvalue weighted by Gasteiger charge is -2.12. The van der Waals surface area contributed by atoms with Crippen LogP contribution in [0.3, 0.4) is 0 Å². The standard InChI is InChI=1S/C17H15ClN4O3S2/c1-11(12-5-3-2-4-6-12)22-27(24,25)17-21-20-16(26-17)19-15(23)13-7-9-14(18)10-8-13/h2-11,22H,1H3,(H,19,20,23)/t11-/m1/s1. The number of rotatable bonds is 6. The molecule has 0 bridgehead atoms. The first-order valence-electron chi connectivity index (χ1n) is 7.83. The van der Waals surface area contributed by atoms with Crippen LogP contribution in [0.15, 0.2) is 58.9 Å². The largest absolute Gasteiger partial charge is 0.296 e. The molecule has 0 saturated carbocycles. The number of halogens is 1. The highest BCUT2D eigenvalue weighted by molar-refractivity contribution is 7.91. The van der Waals surface area contributed by atoms with Gasteiger partial charge >= 0.3 is 0 Å². The van der Waals surface area contributed by atoms with Crippen molar-refractivity contribution in [1.82, 2.24) is 14.9 Å². The molecule has 0 aliphatic heterocycles. The quantitative estimate of drug-likeness (QED) is 0.592. The van der Waals surface area contributed by atoms with Crippen molar-refractivity contribution in [3.8, 4) is 0 Å². The first-order chi connectivity index (χ1) is 12.8. The summed E-state index contributed by atoms with van der Waals surface area (Å²) in [7, 11) is -3.87. The van der Waals surface area contributed by atoms with E-state index in [-0.39, 0.29) is 9.47 Å². The predicted octanol–water partition coefficient (Wildman–Crippen LogP) is 3.48. The zero-order valence-corrected chi connectivity index (χ0v) is 16.5. The van der Waals surface area contributed by atoms with E-state index in [0.717, 1.165) is 16.9 Å². The summed E-state index contributed by atoms with van der Waals surface area (Å²) in [6.07, 6.45) is 0. The van der Waals surface area contributed by atoms with Crippen LogP contribution in [0, 0.1) is 0 Å². The van der Waals surface area contributed by atoms with Crippen molar-refractivity contribution < 1.29 is 13.2 Å². The summed E-state index contributed by atoms with van der Waals surface area (Å²) in [6.45, 7) is 1.73. The van der Waals surface area contributed by atoms with Crippen molar-refractivity contribution in [1.29, 1.82) is 0 Å².